The van der Waals surface area contributed by atoms with E-state index in [2.05, 4.69) is 5.32 Å². The van der Waals surface area contributed by atoms with Crippen molar-refractivity contribution in [1.29, 1.82) is 5.26 Å². The molecule has 0 heterocycles. The van der Waals surface area contributed by atoms with Crippen molar-refractivity contribution in [3.8, 4) is 23.3 Å². The molecule has 0 aliphatic rings. The van der Waals surface area contributed by atoms with E-state index in [1.807, 2.05) is 38.1 Å². The Morgan fingerprint density at radius 2 is 1.63 bits per heavy atom. The Bertz CT molecular complexity index is 927. The van der Waals surface area contributed by atoms with Crippen LogP contribution >= 0.6 is 0 Å². The van der Waals surface area contributed by atoms with Crippen molar-refractivity contribution in [2.45, 2.75) is 13.8 Å². The van der Waals surface area contributed by atoms with E-state index in [0.29, 0.717) is 28.5 Å². The van der Waals surface area contributed by atoms with Gasteiger partial charge in [-0.15, -0.1) is 0 Å². The van der Waals surface area contributed by atoms with Crippen molar-refractivity contribution in [2.24, 2.45) is 0 Å². The highest BCUT2D eigenvalue weighted by atomic mass is 16.5. The molecule has 1 amide bonds. The van der Waals surface area contributed by atoms with Crippen molar-refractivity contribution >= 4 is 17.7 Å². The molecule has 0 radical (unpaired) electrons. The molecule has 140 valence electrons. The molecule has 0 unspecified atom stereocenters. The van der Waals surface area contributed by atoms with Gasteiger partial charge in [0.1, 0.15) is 17.4 Å². The van der Waals surface area contributed by atoms with E-state index >= 15 is 0 Å². The lowest BCUT2D eigenvalue weighted by Gasteiger charge is -2.13. The summed E-state index contributed by atoms with van der Waals surface area (Å²) in [6.45, 7) is 3.87. The van der Waals surface area contributed by atoms with E-state index in [1.54, 1.807) is 12.1 Å². The molecular weight excluding hydrogens is 344 g/mol. The highest BCUT2D eigenvalue weighted by molar-refractivity contribution is 6.10. The van der Waals surface area contributed by atoms with Gasteiger partial charge >= 0.3 is 0 Å². The van der Waals surface area contributed by atoms with Crippen LogP contribution in [0.25, 0.3) is 6.08 Å². The highest BCUT2D eigenvalue weighted by Crippen LogP contribution is 2.35. The van der Waals surface area contributed by atoms with E-state index in [4.69, 9.17) is 14.2 Å². The summed E-state index contributed by atoms with van der Waals surface area (Å²) in [5, 5.41) is 12.2. The van der Waals surface area contributed by atoms with Crippen molar-refractivity contribution in [3.63, 3.8) is 0 Å². The second-order valence-electron chi connectivity index (χ2n) is 5.89. The Balaban J connectivity index is 2.40. The van der Waals surface area contributed by atoms with Crippen LogP contribution in [0, 0.1) is 25.2 Å². The Kier molecular flexibility index (Phi) is 6.45. The number of nitriles is 1. The molecule has 6 nitrogen and oxygen atoms in total. The van der Waals surface area contributed by atoms with Gasteiger partial charge in [-0.05, 0) is 37.6 Å². The van der Waals surface area contributed by atoms with Crippen LogP contribution in [0.3, 0.4) is 0 Å². The van der Waals surface area contributed by atoms with Crippen molar-refractivity contribution in [3.05, 3.63) is 52.6 Å². The fraction of sp³-hybridized carbons (Fsp3) is 0.238. The topological polar surface area (TPSA) is 80.6 Å². The number of nitrogens with one attached hydrogen (secondary N) is 1. The zero-order chi connectivity index (χ0) is 20.0. The molecule has 27 heavy (non-hydrogen) atoms. The number of methoxy groups -OCH3 is 3. The average molecular weight is 366 g/mol. The molecule has 0 aliphatic carbocycles. The first-order valence-corrected chi connectivity index (χ1v) is 8.23. The van der Waals surface area contributed by atoms with E-state index < -0.39 is 5.91 Å². The maximum atomic E-state index is 12.6. The van der Waals surface area contributed by atoms with E-state index in [1.165, 1.54) is 27.4 Å². The second-order valence-corrected chi connectivity index (χ2v) is 5.89. The minimum Gasteiger partial charge on any atom is -0.496 e. The Hall–Kier alpha value is -3.46. The number of benzene rings is 2. The number of carbonyl (C=O) groups excluding carboxylic acids is 1. The van der Waals surface area contributed by atoms with Crippen LogP contribution in [-0.2, 0) is 4.79 Å². The lowest BCUT2D eigenvalue weighted by Crippen LogP contribution is -2.14. The summed E-state index contributed by atoms with van der Waals surface area (Å²) in [4.78, 5) is 12.6. The largest absolute Gasteiger partial charge is 0.496 e. The second kappa shape index (κ2) is 8.77. The van der Waals surface area contributed by atoms with Crippen molar-refractivity contribution < 1.29 is 19.0 Å². The summed E-state index contributed by atoms with van der Waals surface area (Å²) in [5.74, 6) is 0.919. The third-order valence-corrected chi connectivity index (χ3v) is 4.03. The smallest absolute Gasteiger partial charge is 0.266 e. The summed E-state index contributed by atoms with van der Waals surface area (Å²) in [6, 6.07) is 10.9. The van der Waals surface area contributed by atoms with Gasteiger partial charge in [0, 0.05) is 17.3 Å². The van der Waals surface area contributed by atoms with Gasteiger partial charge in [-0.2, -0.15) is 5.26 Å². The predicted octanol–water partition coefficient (Wildman–Crippen LogP) is 3.87. The van der Waals surface area contributed by atoms with Gasteiger partial charge < -0.3 is 19.5 Å². The summed E-state index contributed by atoms with van der Waals surface area (Å²) in [5.41, 5.74) is 3.15. The molecule has 0 bridgehead atoms. The normalized spacial score (nSPS) is 10.7. The number of ether oxygens (including phenoxy) is 3. The molecule has 0 saturated carbocycles. The molecular formula is C21H22N2O4. The van der Waals surface area contributed by atoms with Gasteiger partial charge in [-0.25, -0.2) is 0 Å². The Morgan fingerprint density at radius 1 is 1.00 bits per heavy atom. The Labute approximate surface area is 159 Å². The van der Waals surface area contributed by atoms with E-state index in [-0.39, 0.29) is 5.57 Å². The first kappa shape index (κ1) is 19.9. The summed E-state index contributed by atoms with van der Waals surface area (Å²) < 4.78 is 15.9. The summed E-state index contributed by atoms with van der Waals surface area (Å²) in [6.07, 6.45) is 1.46. The van der Waals surface area contributed by atoms with Crippen LogP contribution in [0.4, 0.5) is 5.69 Å². The standard InChI is InChI=1S/C21H22N2O4/c1-13-6-7-17(14(2)8-13)23-21(24)16(12-22)9-15-10-19(26-4)20(27-5)11-18(15)25-3/h6-11H,1-5H3,(H,23,24)/b16-9+. The van der Waals surface area contributed by atoms with Gasteiger partial charge in [-0.1, -0.05) is 17.7 Å². The number of anilines is 1. The number of amides is 1. The fourth-order valence-corrected chi connectivity index (χ4v) is 2.61. The number of nitrogens with zero attached hydrogens (tertiary/aromatic N) is 1. The molecule has 0 fully saturated rings. The highest BCUT2D eigenvalue weighted by Gasteiger charge is 2.15. The molecule has 2 rings (SSSR count). The van der Waals surface area contributed by atoms with Crippen LogP contribution in [0.15, 0.2) is 35.9 Å². The molecule has 0 aliphatic heterocycles. The maximum Gasteiger partial charge on any atom is 0.266 e. The predicted molar refractivity (Wildman–Crippen MR) is 104 cm³/mol. The van der Waals surface area contributed by atoms with Gasteiger partial charge in [0.2, 0.25) is 0 Å². The number of aryl methyl sites for hydroxylation is 2. The van der Waals surface area contributed by atoms with Gasteiger partial charge in [0.15, 0.2) is 11.5 Å². The lowest BCUT2D eigenvalue weighted by molar-refractivity contribution is -0.112. The lowest BCUT2D eigenvalue weighted by atomic mass is 10.1. The van der Waals surface area contributed by atoms with Crippen molar-refractivity contribution in [2.75, 3.05) is 26.6 Å². The van der Waals surface area contributed by atoms with E-state index in [9.17, 15) is 10.1 Å². The summed E-state index contributed by atoms with van der Waals surface area (Å²) >= 11 is 0. The van der Waals surface area contributed by atoms with E-state index in [0.717, 1.165) is 11.1 Å². The SMILES string of the molecule is COc1cc(OC)c(OC)cc1/C=C(\C#N)C(=O)Nc1ccc(C)cc1C. The molecule has 0 saturated heterocycles. The van der Waals surface area contributed by atoms with Gasteiger partial charge in [0.25, 0.3) is 5.91 Å². The third-order valence-electron chi connectivity index (χ3n) is 4.03. The molecule has 2 aromatic rings. The maximum absolute atomic E-state index is 12.6. The number of hydrogen-bond acceptors (Lipinski definition) is 5. The first-order valence-electron chi connectivity index (χ1n) is 8.23. The third kappa shape index (κ3) is 4.59. The molecule has 0 spiro atoms. The minimum absolute atomic E-state index is 0.0551. The first-order chi connectivity index (χ1) is 12.9. The minimum atomic E-state index is -0.499. The monoisotopic (exact) mass is 366 g/mol. The van der Waals surface area contributed by atoms with Gasteiger partial charge in [0.05, 0.1) is 21.3 Å². The zero-order valence-corrected chi connectivity index (χ0v) is 16.0. The van der Waals surface area contributed by atoms with Crippen LogP contribution in [0.5, 0.6) is 17.2 Å². The summed E-state index contributed by atoms with van der Waals surface area (Å²) in [7, 11) is 4.53. The number of carbonyl (C=O) groups is 1. The van der Waals surface area contributed by atoms with Crippen LogP contribution in [0.2, 0.25) is 0 Å². The molecule has 2 aromatic carbocycles. The molecule has 0 aromatic heterocycles. The van der Waals surface area contributed by atoms with Crippen LogP contribution in [-0.4, -0.2) is 27.2 Å². The van der Waals surface area contributed by atoms with Gasteiger partial charge in [-0.3, -0.25) is 4.79 Å². The van der Waals surface area contributed by atoms with Crippen molar-refractivity contribution in [1.82, 2.24) is 0 Å². The fourth-order valence-electron chi connectivity index (χ4n) is 2.61. The number of hydrogen-bond donors (Lipinski definition) is 1. The molecule has 1 N–H and O–H groups in total. The quantitative estimate of drug-likeness (QED) is 0.620. The molecule has 0 atom stereocenters. The molecule has 6 heteroatoms. The van der Waals surface area contributed by atoms with Crippen LogP contribution < -0.4 is 19.5 Å². The number of rotatable bonds is 6. The van der Waals surface area contributed by atoms with Crippen LogP contribution in [0.1, 0.15) is 16.7 Å². The Morgan fingerprint density at radius 3 is 2.19 bits per heavy atom. The average Bonchev–Trinajstić information content (AvgIpc) is 2.67. The zero-order valence-electron chi connectivity index (χ0n) is 16.0.